The summed E-state index contributed by atoms with van der Waals surface area (Å²) in [6.45, 7) is -0.767. The maximum atomic E-state index is 14.1. The third kappa shape index (κ3) is 8.03. The second-order valence-corrected chi connectivity index (χ2v) is 13.4. The third-order valence-electron chi connectivity index (χ3n) is 6.78. The first-order chi connectivity index (χ1) is 22.6. The molecule has 0 aliphatic carbocycles. The van der Waals surface area contributed by atoms with E-state index < -0.39 is 44.2 Å². The molecule has 4 aromatic carbocycles. The predicted octanol–water partition coefficient (Wildman–Crippen LogP) is 5.37. The van der Waals surface area contributed by atoms with E-state index in [0.717, 1.165) is 28.6 Å². The number of carbonyl (C=O) groups excluding carboxylic acids is 1. The Hall–Kier alpha value is -5.16. The molecular weight excluding hydrogens is 679 g/mol. The number of halogens is 3. The molecule has 0 radical (unpaired) electrons. The van der Waals surface area contributed by atoms with Gasteiger partial charge in [0, 0.05) is 23.5 Å². The molecule has 4 rings (SSSR count). The summed E-state index contributed by atoms with van der Waals surface area (Å²) < 4.78 is 117. The number of alkyl halides is 3. The molecule has 0 aliphatic heterocycles. The van der Waals surface area contributed by atoms with E-state index in [2.05, 4.69) is 10.0 Å². The molecule has 48 heavy (non-hydrogen) atoms. The zero-order valence-electron chi connectivity index (χ0n) is 25.9. The van der Waals surface area contributed by atoms with Gasteiger partial charge in [0.15, 0.2) is 11.5 Å². The van der Waals surface area contributed by atoms with E-state index in [1.54, 1.807) is 6.07 Å². The Morgan fingerprint density at radius 2 is 1.33 bits per heavy atom. The Balaban J connectivity index is 1.62. The van der Waals surface area contributed by atoms with Gasteiger partial charge in [-0.15, -0.1) is 0 Å². The molecule has 256 valence electrons. The molecule has 0 atom stereocenters. The van der Waals surface area contributed by atoms with E-state index >= 15 is 0 Å². The minimum atomic E-state index is -4.67. The highest BCUT2D eigenvalue weighted by molar-refractivity contribution is 7.93. The number of nitrogens with one attached hydrogen (secondary N) is 2. The molecule has 0 aromatic heterocycles. The number of anilines is 3. The first-order valence-electron chi connectivity index (χ1n) is 13.7. The highest BCUT2D eigenvalue weighted by Crippen LogP contribution is 2.38. The predicted molar refractivity (Wildman–Crippen MR) is 171 cm³/mol. The van der Waals surface area contributed by atoms with Crippen LogP contribution in [0.3, 0.4) is 0 Å². The zero-order valence-corrected chi connectivity index (χ0v) is 27.5. The molecule has 0 fully saturated rings. The van der Waals surface area contributed by atoms with Gasteiger partial charge < -0.3 is 24.3 Å². The molecule has 0 saturated carbocycles. The van der Waals surface area contributed by atoms with Crippen molar-refractivity contribution in [2.75, 3.05) is 49.3 Å². The number of amides is 1. The lowest BCUT2D eigenvalue weighted by Crippen LogP contribution is -2.38. The van der Waals surface area contributed by atoms with Gasteiger partial charge in [0.1, 0.15) is 18.0 Å². The van der Waals surface area contributed by atoms with Gasteiger partial charge in [0.2, 0.25) is 5.91 Å². The Morgan fingerprint density at radius 3 is 1.94 bits per heavy atom. The molecule has 0 spiro atoms. The highest BCUT2D eigenvalue weighted by Gasteiger charge is 2.32. The molecule has 0 heterocycles. The molecule has 0 saturated heterocycles. The molecule has 4 aromatic rings. The van der Waals surface area contributed by atoms with Crippen LogP contribution in [0.1, 0.15) is 5.56 Å². The molecule has 1 amide bonds. The largest absolute Gasteiger partial charge is 0.497 e. The van der Waals surface area contributed by atoms with Gasteiger partial charge in [0.25, 0.3) is 20.0 Å². The van der Waals surface area contributed by atoms with Crippen LogP contribution in [0.5, 0.6) is 23.0 Å². The van der Waals surface area contributed by atoms with E-state index in [9.17, 15) is 34.8 Å². The summed E-state index contributed by atoms with van der Waals surface area (Å²) in [4.78, 5) is 12.8. The van der Waals surface area contributed by atoms with Crippen molar-refractivity contribution in [1.82, 2.24) is 0 Å². The number of ether oxygens (including phenoxy) is 4. The highest BCUT2D eigenvalue weighted by atomic mass is 32.2. The minimum absolute atomic E-state index is 0.0242. The van der Waals surface area contributed by atoms with Crippen molar-refractivity contribution in [1.29, 1.82) is 0 Å². The number of sulfonamides is 2. The van der Waals surface area contributed by atoms with Gasteiger partial charge in [-0.05, 0) is 66.7 Å². The quantitative estimate of drug-likeness (QED) is 0.187. The van der Waals surface area contributed by atoms with E-state index in [-0.39, 0.29) is 49.9 Å². The van der Waals surface area contributed by atoms with Crippen LogP contribution in [-0.4, -0.2) is 57.7 Å². The first-order valence-corrected chi connectivity index (χ1v) is 16.6. The molecule has 0 aliphatic rings. The zero-order chi connectivity index (χ0) is 35.3. The summed E-state index contributed by atoms with van der Waals surface area (Å²) in [5.41, 5.74) is -1.26. The van der Waals surface area contributed by atoms with E-state index in [4.69, 9.17) is 18.9 Å². The van der Waals surface area contributed by atoms with Gasteiger partial charge >= 0.3 is 6.18 Å². The summed E-state index contributed by atoms with van der Waals surface area (Å²) >= 11 is 0. The number of rotatable bonds is 13. The average molecular weight is 710 g/mol. The third-order valence-corrected chi connectivity index (χ3v) is 9.93. The van der Waals surface area contributed by atoms with Gasteiger partial charge in [-0.25, -0.2) is 16.8 Å². The van der Waals surface area contributed by atoms with Crippen molar-refractivity contribution in [3.63, 3.8) is 0 Å². The van der Waals surface area contributed by atoms with Crippen LogP contribution in [0.25, 0.3) is 0 Å². The number of carbonyl (C=O) groups is 1. The molecule has 0 bridgehead atoms. The summed E-state index contributed by atoms with van der Waals surface area (Å²) in [5, 5.41) is 2.52. The summed E-state index contributed by atoms with van der Waals surface area (Å²) in [6.07, 6.45) is -4.67. The van der Waals surface area contributed by atoms with Crippen molar-refractivity contribution in [2.24, 2.45) is 0 Å². The number of benzene rings is 4. The first kappa shape index (κ1) is 35.7. The standard InChI is InChI=1S/C31H30F3N3O9S2/c1-43-23-10-14-27(44-2)26(17-23)37(48(41,42)25-13-15-28(45-3)29(18-25)46-4)19-30(38)35-21-8-11-24(12-9-21)47(39,40)36-22-7-5-6-20(16-22)31(32,33)34/h5-18,36H,19H2,1-4H3,(H,35,38). The van der Waals surface area contributed by atoms with Crippen molar-refractivity contribution in [3.05, 3.63) is 90.5 Å². The molecule has 0 unspecified atom stereocenters. The fourth-order valence-electron chi connectivity index (χ4n) is 4.42. The number of nitrogens with zero attached hydrogens (tertiary/aromatic N) is 1. The van der Waals surface area contributed by atoms with E-state index in [1.165, 1.54) is 77.0 Å². The summed E-state index contributed by atoms with van der Waals surface area (Å²) in [7, 11) is -3.37. The smallest absolute Gasteiger partial charge is 0.416 e. The van der Waals surface area contributed by atoms with Gasteiger partial charge in [0.05, 0.1) is 49.5 Å². The van der Waals surface area contributed by atoms with Crippen LogP contribution in [-0.2, 0) is 31.0 Å². The van der Waals surface area contributed by atoms with Crippen molar-refractivity contribution >= 4 is 43.0 Å². The van der Waals surface area contributed by atoms with Crippen molar-refractivity contribution in [3.8, 4) is 23.0 Å². The monoisotopic (exact) mass is 709 g/mol. The van der Waals surface area contributed by atoms with Gasteiger partial charge in [-0.3, -0.25) is 13.8 Å². The van der Waals surface area contributed by atoms with Crippen LogP contribution in [0.4, 0.5) is 30.2 Å². The minimum Gasteiger partial charge on any atom is -0.497 e. The maximum Gasteiger partial charge on any atom is 0.416 e. The maximum absolute atomic E-state index is 14.1. The van der Waals surface area contributed by atoms with Crippen LogP contribution in [0.2, 0.25) is 0 Å². The van der Waals surface area contributed by atoms with E-state index in [0.29, 0.717) is 6.07 Å². The van der Waals surface area contributed by atoms with E-state index in [1.807, 2.05) is 0 Å². The van der Waals surface area contributed by atoms with Crippen molar-refractivity contribution < 1.29 is 53.7 Å². The second-order valence-electron chi connectivity index (χ2n) is 9.82. The average Bonchev–Trinajstić information content (AvgIpc) is 3.06. The number of hydrogen-bond acceptors (Lipinski definition) is 9. The topological polar surface area (TPSA) is 150 Å². The Kier molecular flexibility index (Phi) is 10.6. The second kappa shape index (κ2) is 14.3. The summed E-state index contributed by atoms with van der Waals surface area (Å²) in [6, 6.07) is 16.7. The number of methoxy groups -OCH3 is 4. The lowest BCUT2D eigenvalue weighted by Gasteiger charge is -2.26. The molecule has 17 heteroatoms. The van der Waals surface area contributed by atoms with Crippen LogP contribution >= 0.6 is 0 Å². The lowest BCUT2D eigenvalue weighted by molar-refractivity contribution is -0.137. The lowest BCUT2D eigenvalue weighted by atomic mass is 10.2. The molecule has 12 nitrogen and oxygen atoms in total. The molecule has 2 N–H and O–H groups in total. The van der Waals surface area contributed by atoms with Crippen LogP contribution in [0, 0.1) is 0 Å². The van der Waals surface area contributed by atoms with Crippen LogP contribution < -0.4 is 33.3 Å². The summed E-state index contributed by atoms with van der Waals surface area (Å²) in [5.74, 6) is -0.0419. The normalized spacial score (nSPS) is 11.7. The Bertz CT molecular complexity index is 2010. The van der Waals surface area contributed by atoms with Crippen LogP contribution in [0.15, 0.2) is 94.7 Å². The molecular formula is C31H30F3N3O9S2. The SMILES string of the molecule is COc1ccc(OC)c(N(CC(=O)Nc2ccc(S(=O)(=O)Nc3cccc(C(F)(F)F)c3)cc2)S(=O)(=O)c2ccc(OC)c(OC)c2)c1. The van der Waals surface area contributed by atoms with Gasteiger partial charge in [-0.2, -0.15) is 13.2 Å². The fraction of sp³-hybridized carbons (Fsp3) is 0.194. The Morgan fingerprint density at radius 1 is 0.708 bits per heavy atom. The fourth-order valence-corrected chi connectivity index (χ4v) is 6.91. The number of hydrogen-bond donors (Lipinski definition) is 2. The van der Waals surface area contributed by atoms with Crippen molar-refractivity contribution in [2.45, 2.75) is 16.0 Å². The Labute approximate surface area is 275 Å². The van der Waals surface area contributed by atoms with Gasteiger partial charge in [-0.1, -0.05) is 6.07 Å².